The molecule has 0 aliphatic carbocycles. The van der Waals surface area contributed by atoms with Crippen LogP contribution in [-0.2, 0) is 17.9 Å². The molecule has 0 atom stereocenters. The van der Waals surface area contributed by atoms with E-state index < -0.39 is 0 Å². The predicted octanol–water partition coefficient (Wildman–Crippen LogP) is 6.16. The number of carbonyl (C=O) groups is 1. The quantitative estimate of drug-likeness (QED) is 0.200. The van der Waals surface area contributed by atoms with E-state index in [1.807, 2.05) is 30.3 Å². The molecule has 0 aliphatic rings. The SMILES string of the molecule is COc1cc(CNC(=O)CCCC/C=C/C(C)C)ccc1OCc1ccc(OSO)cc1. The first-order chi connectivity index (χ1) is 15.5. The zero-order valence-electron chi connectivity index (χ0n) is 19.0. The van der Waals surface area contributed by atoms with Gasteiger partial charge in [-0.2, -0.15) is 0 Å². The van der Waals surface area contributed by atoms with Crippen molar-refractivity contribution in [3.05, 3.63) is 65.7 Å². The van der Waals surface area contributed by atoms with E-state index in [0.29, 0.717) is 55.1 Å². The summed E-state index contributed by atoms with van der Waals surface area (Å²) in [6, 6.07) is 12.9. The third-order valence-electron chi connectivity index (χ3n) is 4.71. The summed E-state index contributed by atoms with van der Waals surface area (Å²) in [6.45, 7) is 5.14. The fraction of sp³-hybridized carbons (Fsp3) is 0.400. The van der Waals surface area contributed by atoms with Crippen LogP contribution in [-0.4, -0.2) is 17.6 Å². The summed E-state index contributed by atoms with van der Waals surface area (Å²) in [5, 5.41) is 2.97. The van der Waals surface area contributed by atoms with E-state index >= 15 is 0 Å². The Morgan fingerprint density at radius 2 is 1.84 bits per heavy atom. The molecule has 7 heteroatoms. The second-order valence-corrected chi connectivity index (χ2v) is 8.09. The van der Waals surface area contributed by atoms with Gasteiger partial charge in [0, 0.05) is 13.0 Å². The number of hydrogen-bond donors (Lipinski definition) is 2. The molecular weight excluding hydrogens is 426 g/mol. The maximum absolute atomic E-state index is 12.1. The van der Waals surface area contributed by atoms with Gasteiger partial charge in [0.1, 0.15) is 12.4 Å². The highest BCUT2D eigenvalue weighted by Gasteiger charge is 2.08. The number of benzene rings is 2. The van der Waals surface area contributed by atoms with Gasteiger partial charge in [-0.1, -0.05) is 44.2 Å². The van der Waals surface area contributed by atoms with Crippen LogP contribution in [0, 0.1) is 5.92 Å². The van der Waals surface area contributed by atoms with Gasteiger partial charge in [-0.15, -0.1) is 0 Å². The van der Waals surface area contributed by atoms with E-state index in [1.54, 1.807) is 19.2 Å². The van der Waals surface area contributed by atoms with Gasteiger partial charge in [0.15, 0.2) is 11.5 Å². The lowest BCUT2D eigenvalue weighted by Crippen LogP contribution is -2.22. The number of carbonyl (C=O) groups excluding carboxylic acids is 1. The van der Waals surface area contributed by atoms with Crippen molar-refractivity contribution < 1.29 is 23.0 Å². The second-order valence-electron chi connectivity index (χ2n) is 7.77. The monoisotopic (exact) mass is 459 g/mol. The molecular formula is C25H33NO5S. The van der Waals surface area contributed by atoms with E-state index in [0.717, 1.165) is 30.4 Å². The van der Waals surface area contributed by atoms with Crippen LogP contribution in [0.15, 0.2) is 54.6 Å². The summed E-state index contributed by atoms with van der Waals surface area (Å²) in [6.07, 6.45) is 7.85. The van der Waals surface area contributed by atoms with Gasteiger partial charge in [0.05, 0.1) is 7.11 Å². The number of rotatable bonds is 14. The molecule has 0 aromatic heterocycles. The Hall–Kier alpha value is -2.64. The van der Waals surface area contributed by atoms with Crippen molar-refractivity contribution in [1.82, 2.24) is 5.32 Å². The van der Waals surface area contributed by atoms with E-state index in [4.69, 9.17) is 18.2 Å². The number of methoxy groups -OCH3 is 1. The fourth-order valence-corrected chi connectivity index (χ4v) is 3.19. The Labute approximate surface area is 195 Å². The molecule has 6 nitrogen and oxygen atoms in total. The molecule has 0 fully saturated rings. The number of amides is 1. The van der Waals surface area contributed by atoms with Crippen LogP contribution in [0.2, 0.25) is 0 Å². The highest BCUT2D eigenvalue weighted by Crippen LogP contribution is 2.29. The average Bonchev–Trinajstić information content (AvgIpc) is 2.79. The highest BCUT2D eigenvalue weighted by molar-refractivity contribution is 7.89. The molecule has 32 heavy (non-hydrogen) atoms. The van der Waals surface area contributed by atoms with Crippen LogP contribution >= 0.6 is 12.3 Å². The third kappa shape index (κ3) is 9.66. The molecule has 2 rings (SSSR count). The molecule has 1 amide bonds. The highest BCUT2D eigenvalue weighted by atomic mass is 32.2. The molecule has 0 saturated heterocycles. The minimum atomic E-state index is 0.0594. The molecule has 0 spiro atoms. The molecule has 0 bridgehead atoms. The first-order valence-corrected chi connectivity index (χ1v) is 11.5. The lowest BCUT2D eigenvalue weighted by atomic mass is 10.1. The Balaban J connectivity index is 1.77. The van der Waals surface area contributed by atoms with Gasteiger partial charge in [-0.25, -0.2) is 0 Å². The first-order valence-electron chi connectivity index (χ1n) is 10.8. The van der Waals surface area contributed by atoms with Crippen LogP contribution in [0.25, 0.3) is 0 Å². The topological polar surface area (TPSA) is 77.0 Å². The number of ether oxygens (including phenoxy) is 2. The number of unbranched alkanes of at least 4 members (excludes halogenated alkanes) is 2. The fourth-order valence-electron chi connectivity index (χ4n) is 2.99. The van der Waals surface area contributed by atoms with Crippen LogP contribution < -0.4 is 19.0 Å². The zero-order chi connectivity index (χ0) is 23.2. The Morgan fingerprint density at radius 3 is 2.53 bits per heavy atom. The summed E-state index contributed by atoms with van der Waals surface area (Å²) in [5.41, 5.74) is 1.91. The molecule has 2 aromatic carbocycles. The minimum Gasteiger partial charge on any atom is -0.493 e. The van der Waals surface area contributed by atoms with Crippen LogP contribution in [0.3, 0.4) is 0 Å². The minimum absolute atomic E-state index is 0.0594. The predicted molar refractivity (Wildman–Crippen MR) is 129 cm³/mol. The van der Waals surface area contributed by atoms with E-state index in [9.17, 15) is 4.79 Å². The molecule has 2 N–H and O–H groups in total. The molecule has 2 aromatic rings. The van der Waals surface area contributed by atoms with Gasteiger partial charge >= 0.3 is 0 Å². The van der Waals surface area contributed by atoms with Crippen LogP contribution in [0.5, 0.6) is 17.2 Å². The Kier molecular flexibility index (Phi) is 11.6. The van der Waals surface area contributed by atoms with Gasteiger partial charge in [-0.3, -0.25) is 9.35 Å². The average molecular weight is 460 g/mol. The van der Waals surface area contributed by atoms with Crippen molar-refractivity contribution in [1.29, 1.82) is 0 Å². The summed E-state index contributed by atoms with van der Waals surface area (Å²) in [4.78, 5) is 12.1. The van der Waals surface area contributed by atoms with E-state index in [-0.39, 0.29) is 5.91 Å². The Bertz CT molecular complexity index is 852. The van der Waals surface area contributed by atoms with Crippen molar-refractivity contribution >= 4 is 18.2 Å². The Morgan fingerprint density at radius 1 is 1.09 bits per heavy atom. The van der Waals surface area contributed by atoms with Gasteiger partial charge in [-0.05, 0) is 60.6 Å². The lowest BCUT2D eigenvalue weighted by Gasteiger charge is -2.13. The smallest absolute Gasteiger partial charge is 0.222 e. The van der Waals surface area contributed by atoms with Gasteiger partial charge < -0.3 is 19.0 Å². The summed E-state index contributed by atoms with van der Waals surface area (Å²) < 4.78 is 25.0. The first kappa shape index (κ1) is 25.6. The number of nitrogens with one attached hydrogen (secondary N) is 1. The zero-order valence-corrected chi connectivity index (χ0v) is 19.8. The van der Waals surface area contributed by atoms with E-state index in [2.05, 4.69) is 31.3 Å². The second kappa shape index (κ2) is 14.4. The van der Waals surface area contributed by atoms with Crippen LogP contribution in [0.4, 0.5) is 0 Å². The van der Waals surface area contributed by atoms with E-state index in [1.165, 1.54) is 0 Å². The summed E-state index contributed by atoms with van der Waals surface area (Å²) >= 11 is 0.313. The summed E-state index contributed by atoms with van der Waals surface area (Å²) in [7, 11) is 1.59. The van der Waals surface area contributed by atoms with Crippen molar-refractivity contribution in [2.75, 3.05) is 7.11 Å². The molecule has 174 valence electrons. The molecule has 0 radical (unpaired) electrons. The molecule has 0 unspecified atom stereocenters. The molecule has 0 aliphatic heterocycles. The molecule has 0 saturated carbocycles. The maximum Gasteiger partial charge on any atom is 0.222 e. The number of allylic oxidation sites excluding steroid dienone is 2. The normalized spacial score (nSPS) is 11.0. The van der Waals surface area contributed by atoms with Gasteiger partial charge in [0.25, 0.3) is 0 Å². The third-order valence-corrected chi connectivity index (χ3v) is 4.98. The maximum atomic E-state index is 12.1. The van der Waals surface area contributed by atoms with Crippen LogP contribution in [0.1, 0.15) is 50.7 Å². The van der Waals surface area contributed by atoms with Crippen molar-refractivity contribution in [2.45, 2.75) is 52.7 Å². The van der Waals surface area contributed by atoms with Crippen molar-refractivity contribution in [3.63, 3.8) is 0 Å². The lowest BCUT2D eigenvalue weighted by molar-refractivity contribution is -0.121. The standard InChI is InChI=1S/C25H33NO5S/c1-19(2)8-6-4-5-7-9-25(27)26-17-21-12-15-23(24(16-21)29-3)30-18-20-10-13-22(14-11-20)31-32-28/h6,8,10-16,19,28H,4-5,7,9,17-18H2,1-3H3,(H,26,27)/b8-6+. The largest absolute Gasteiger partial charge is 0.493 e. The summed E-state index contributed by atoms with van der Waals surface area (Å²) in [5.74, 6) is 2.44. The number of hydrogen-bond acceptors (Lipinski definition) is 6. The van der Waals surface area contributed by atoms with Crippen molar-refractivity contribution in [2.24, 2.45) is 5.92 Å². The van der Waals surface area contributed by atoms with Crippen molar-refractivity contribution in [3.8, 4) is 17.2 Å². The molecule has 0 heterocycles. The van der Waals surface area contributed by atoms with Gasteiger partial charge in [0.2, 0.25) is 18.2 Å².